The normalized spacial score (nSPS) is 9.75. The molecule has 1 aromatic rings. The van der Waals surface area contributed by atoms with E-state index in [9.17, 15) is 9.59 Å². The van der Waals surface area contributed by atoms with E-state index in [4.69, 9.17) is 0 Å². The second-order valence-corrected chi connectivity index (χ2v) is 3.91. The van der Waals surface area contributed by atoms with Crippen molar-refractivity contribution in [3.63, 3.8) is 0 Å². The Balaban J connectivity index is 3.05. The molecule has 0 heterocycles. The Morgan fingerprint density at radius 1 is 0.938 bits per heavy atom. The van der Waals surface area contributed by atoms with Gasteiger partial charge in [0.2, 0.25) is 0 Å². The maximum atomic E-state index is 11.7. The molecular formula is C12H15N2O2. The Morgan fingerprint density at radius 3 is 1.62 bits per heavy atom. The van der Waals surface area contributed by atoms with Crippen LogP contribution in [-0.4, -0.2) is 49.8 Å². The van der Waals surface area contributed by atoms with Crippen molar-refractivity contribution in [2.75, 3.05) is 28.2 Å². The van der Waals surface area contributed by atoms with Gasteiger partial charge in [-0.05, 0) is 24.3 Å². The Hall–Kier alpha value is -1.84. The van der Waals surface area contributed by atoms with E-state index in [1.165, 1.54) is 9.80 Å². The molecule has 1 rings (SSSR count). The van der Waals surface area contributed by atoms with Crippen molar-refractivity contribution in [1.29, 1.82) is 0 Å². The minimum atomic E-state index is -0.135. The molecule has 0 fully saturated rings. The molecule has 0 saturated heterocycles. The highest BCUT2D eigenvalue weighted by atomic mass is 16.2. The Morgan fingerprint density at radius 2 is 1.31 bits per heavy atom. The highest BCUT2D eigenvalue weighted by molar-refractivity contribution is 5.99. The fraction of sp³-hybridized carbons (Fsp3) is 0.333. The molecule has 0 aliphatic rings. The third-order valence-electron chi connectivity index (χ3n) is 2.09. The van der Waals surface area contributed by atoms with Crippen LogP contribution in [0.2, 0.25) is 0 Å². The lowest BCUT2D eigenvalue weighted by Crippen LogP contribution is -2.24. The van der Waals surface area contributed by atoms with Gasteiger partial charge in [0, 0.05) is 39.3 Å². The van der Waals surface area contributed by atoms with E-state index in [2.05, 4.69) is 6.07 Å². The molecule has 85 valence electrons. The summed E-state index contributed by atoms with van der Waals surface area (Å²) in [4.78, 5) is 26.3. The monoisotopic (exact) mass is 219 g/mol. The average molecular weight is 219 g/mol. The lowest BCUT2D eigenvalue weighted by Gasteiger charge is -2.13. The minimum Gasteiger partial charge on any atom is -0.345 e. The SMILES string of the molecule is CN(C)C(=O)c1c[c]cc(C(=O)N(C)C)c1. The summed E-state index contributed by atoms with van der Waals surface area (Å²) in [6, 6.07) is 7.55. The average Bonchev–Trinajstić information content (AvgIpc) is 2.26. The van der Waals surface area contributed by atoms with Gasteiger partial charge < -0.3 is 9.80 Å². The summed E-state index contributed by atoms with van der Waals surface area (Å²) in [7, 11) is 6.68. The number of carbonyl (C=O) groups excluding carboxylic acids is 2. The van der Waals surface area contributed by atoms with Gasteiger partial charge in [-0.25, -0.2) is 0 Å². The van der Waals surface area contributed by atoms with Crippen LogP contribution < -0.4 is 0 Å². The van der Waals surface area contributed by atoms with Crippen LogP contribution >= 0.6 is 0 Å². The molecule has 16 heavy (non-hydrogen) atoms. The van der Waals surface area contributed by atoms with Crippen molar-refractivity contribution in [3.8, 4) is 0 Å². The third kappa shape index (κ3) is 2.59. The van der Waals surface area contributed by atoms with E-state index in [0.717, 1.165) is 0 Å². The predicted octanol–water partition coefficient (Wildman–Crippen LogP) is 0.890. The number of carbonyl (C=O) groups is 2. The fourth-order valence-corrected chi connectivity index (χ4v) is 1.24. The van der Waals surface area contributed by atoms with Crippen molar-refractivity contribution in [1.82, 2.24) is 9.80 Å². The maximum Gasteiger partial charge on any atom is 0.253 e. The van der Waals surface area contributed by atoms with Crippen molar-refractivity contribution in [3.05, 3.63) is 35.4 Å². The summed E-state index contributed by atoms with van der Waals surface area (Å²) in [6.07, 6.45) is 0. The molecule has 4 nitrogen and oxygen atoms in total. The third-order valence-corrected chi connectivity index (χ3v) is 2.09. The second kappa shape index (κ2) is 4.79. The van der Waals surface area contributed by atoms with E-state index in [-0.39, 0.29) is 11.8 Å². The van der Waals surface area contributed by atoms with Crippen molar-refractivity contribution in [2.24, 2.45) is 0 Å². The fourth-order valence-electron chi connectivity index (χ4n) is 1.24. The molecule has 0 N–H and O–H groups in total. The summed E-state index contributed by atoms with van der Waals surface area (Å²) in [5.74, 6) is -0.269. The molecule has 0 saturated carbocycles. The molecule has 4 heteroatoms. The smallest absolute Gasteiger partial charge is 0.253 e. The summed E-state index contributed by atoms with van der Waals surface area (Å²) in [5, 5.41) is 0. The first kappa shape index (κ1) is 12.2. The zero-order valence-corrected chi connectivity index (χ0v) is 9.94. The van der Waals surface area contributed by atoms with Gasteiger partial charge >= 0.3 is 0 Å². The molecule has 1 radical (unpaired) electrons. The predicted molar refractivity (Wildman–Crippen MR) is 61.3 cm³/mol. The standard InChI is InChI=1S/C12H15N2O2/c1-13(2)11(15)9-6-5-7-10(8-9)12(16)14(3)4/h6-8H,1-4H3. The number of rotatable bonds is 2. The van der Waals surface area contributed by atoms with E-state index < -0.39 is 0 Å². The van der Waals surface area contributed by atoms with Gasteiger partial charge in [0.05, 0.1) is 0 Å². The summed E-state index contributed by atoms with van der Waals surface area (Å²) in [6.45, 7) is 0. The van der Waals surface area contributed by atoms with Crippen LogP contribution in [0.1, 0.15) is 20.7 Å². The van der Waals surface area contributed by atoms with Gasteiger partial charge in [0.1, 0.15) is 0 Å². The molecule has 0 atom stereocenters. The topological polar surface area (TPSA) is 40.6 Å². The zero-order chi connectivity index (χ0) is 12.3. The van der Waals surface area contributed by atoms with E-state index in [0.29, 0.717) is 11.1 Å². The van der Waals surface area contributed by atoms with Gasteiger partial charge in [-0.2, -0.15) is 0 Å². The van der Waals surface area contributed by atoms with E-state index in [1.807, 2.05) is 0 Å². The van der Waals surface area contributed by atoms with Crippen LogP contribution in [0, 0.1) is 6.07 Å². The van der Waals surface area contributed by atoms with Crippen LogP contribution in [0.4, 0.5) is 0 Å². The first-order chi connectivity index (χ1) is 7.43. The molecule has 0 aliphatic carbocycles. The van der Waals surface area contributed by atoms with Gasteiger partial charge in [-0.15, -0.1) is 0 Å². The van der Waals surface area contributed by atoms with Gasteiger partial charge in [-0.3, -0.25) is 9.59 Å². The number of nitrogens with zero attached hydrogens (tertiary/aromatic N) is 2. The highest BCUT2D eigenvalue weighted by Crippen LogP contribution is 2.08. The first-order valence-electron chi connectivity index (χ1n) is 4.88. The minimum absolute atomic E-state index is 0.135. The van der Waals surface area contributed by atoms with Gasteiger partial charge in [-0.1, -0.05) is 0 Å². The molecule has 1 aromatic carbocycles. The molecule has 0 aromatic heterocycles. The largest absolute Gasteiger partial charge is 0.345 e. The van der Waals surface area contributed by atoms with Gasteiger partial charge in [0.25, 0.3) is 11.8 Å². The zero-order valence-electron chi connectivity index (χ0n) is 9.94. The van der Waals surface area contributed by atoms with Crippen molar-refractivity contribution < 1.29 is 9.59 Å². The number of hydrogen-bond donors (Lipinski definition) is 0. The van der Waals surface area contributed by atoms with E-state index >= 15 is 0 Å². The maximum absolute atomic E-state index is 11.7. The van der Waals surface area contributed by atoms with E-state index in [1.54, 1.807) is 46.4 Å². The van der Waals surface area contributed by atoms with Crippen LogP contribution in [0.3, 0.4) is 0 Å². The lowest BCUT2D eigenvalue weighted by molar-refractivity contribution is 0.0826. The molecule has 0 spiro atoms. The molecule has 0 unspecified atom stereocenters. The van der Waals surface area contributed by atoms with Crippen molar-refractivity contribution >= 4 is 11.8 Å². The summed E-state index contributed by atoms with van der Waals surface area (Å²) >= 11 is 0. The molecular weight excluding hydrogens is 204 g/mol. The Labute approximate surface area is 95.5 Å². The van der Waals surface area contributed by atoms with Gasteiger partial charge in [0.15, 0.2) is 0 Å². The molecule has 0 aliphatic heterocycles. The quantitative estimate of drug-likeness (QED) is 0.741. The van der Waals surface area contributed by atoms with Crippen molar-refractivity contribution in [2.45, 2.75) is 0 Å². The second-order valence-electron chi connectivity index (χ2n) is 3.91. The number of benzene rings is 1. The van der Waals surface area contributed by atoms with Crippen LogP contribution in [-0.2, 0) is 0 Å². The first-order valence-corrected chi connectivity index (χ1v) is 4.88. The summed E-state index contributed by atoms with van der Waals surface area (Å²) < 4.78 is 0. The Kier molecular flexibility index (Phi) is 3.66. The van der Waals surface area contributed by atoms with Crippen LogP contribution in [0.5, 0.6) is 0 Å². The highest BCUT2D eigenvalue weighted by Gasteiger charge is 2.12. The van der Waals surface area contributed by atoms with Crippen LogP contribution in [0.25, 0.3) is 0 Å². The number of hydrogen-bond acceptors (Lipinski definition) is 2. The van der Waals surface area contributed by atoms with Crippen LogP contribution in [0.15, 0.2) is 18.2 Å². The number of amides is 2. The molecule has 0 bridgehead atoms. The molecule has 2 amide bonds. The Bertz CT molecular complexity index is 376. The summed E-state index contributed by atoms with van der Waals surface area (Å²) in [5.41, 5.74) is 0.940. The lowest BCUT2D eigenvalue weighted by atomic mass is 10.1.